The molecule has 2 aromatic rings. The van der Waals surface area contributed by atoms with Crippen LogP contribution in [0.3, 0.4) is 0 Å². The Balaban J connectivity index is 1.30. The fourth-order valence-electron chi connectivity index (χ4n) is 3.39. The highest BCUT2D eigenvalue weighted by molar-refractivity contribution is 5.26. The summed E-state index contributed by atoms with van der Waals surface area (Å²) in [6.07, 6.45) is 3.60. The molecule has 0 atom stereocenters. The molecule has 0 saturated carbocycles. The van der Waals surface area contributed by atoms with E-state index in [1.54, 1.807) is 12.1 Å². The van der Waals surface area contributed by atoms with E-state index in [1.165, 1.54) is 37.1 Å². The molecule has 0 radical (unpaired) electrons. The number of nitrogens with one attached hydrogen (secondary N) is 1. The molecule has 2 N–H and O–H groups in total. The van der Waals surface area contributed by atoms with Gasteiger partial charge in [0, 0.05) is 6.54 Å². The van der Waals surface area contributed by atoms with Gasteiger partial charge in [0.15, 0.2) is 0 Å². The fraction of sp³-hybridized carbons (Fsp3) is 0.429. The summed E-state index contributed by atoms with van der Waals surface area (Å²) in [5.74, 6) is 1.14. The fourth-order valence-corrected chi connectivity index (χ4v) is 3.39. The lowest BCUT2D eigenvalue weighted by Gasteiger charge is -2.32. The van der Waals surface area contributed by atoms with Crippen molar-refractivity contribution in [2.45, 2.75) is 25.8 Å². The van der Waals surface area contributed by atoms with Crippen molar-refractivity contribution in [1.82, 2.24) is 10.2 Å². The van der Waals surface area contributed by atoms with Crippen LogP contribution in [0.2, 0.25) is 0 Å². The zero-order valence-electron chi connectivity index (χ0n) is 14.3. The number of benzene rings is 2. The van der Waals surface area contributed by atoms with Gasteiger partial charge < -0.3 is 10.4 Å². The monoisotopic (exact) mass is 324 g/mol. The molecule has 0 unspecified atom stereocenters. The Morgan fingerprint density at radius 2 is 1.62 bits per heavy atom. The number of hydrogen-bond donors (Lipinski definition) is 2. The van der Waals surface area contributed by atoms with E-state index >= 15 is 0 Å². The molecule has 0 amide bonds. The van der Waals surface area contributed by atoms with Gasteiger partial charge >= 0.3 is 0 Å². The predicted molar refractivity (Wildman–Crippen MR) is 99.1 cm³/mol. The first kappa shape index (κ1) is 17.0. The second-order valence-electron chi connectivity index (χ2n) is 6.83. The van der Waals surface area contributed by atoms with E-state index in [2.05, 4.69) is 40.5 Å². The van der Waals surface area contributed by atoms with Crippen LogP contribution in [0.1, 0.15) is 24.0 Å². The third-order valence-electron chi connectivity index (χ3n) is 4.92. The molecule has 0 bridgehead atoms. The summed E-state index contributed by atoms with van der Waals surface area (Å²) in [5.41, 5.74) is 2.70. The summed E-state index contributed by atoms with van der Waals surface area (Å²) in [6.45, 7) is 5.63. The van der Waals surface area contributed by atoms with Crippen molar-refractivity contribution in [3.05, 3.63) is 65.7 Å². The third kappa shape index (κ3) is 5.36. The summed E-state index contributed by atoms with van der Waals surface area (Å²) in [4.78, 5) is 2.57. The molecule has 0 aliphatic carbocycles. The second-order valence-corrected chi connectivity index (χ2v) is 6.83. The average molecular weight is 324 g/mol. The predicted octanol–water partition coefficient (Wildman–Crippen LogP) is 3.44. The van der Waals surface area contributed by atoms with Gasteiger partial charge in [0.05, 0.1) is 0 Å². The number of phenolic OH excluding ortho intramolecular Hbond substituents is 1. The van der Waals surface area contributed by atoms with Crippen LogP contribution >= 0.6 is 0 Å². The van der Waals surface area contributed by atoms with E-state index in [4.69, 9.17) is 0 Å². The van der Waals surface area contributed by atoms with Crippen LogP contribution in [-0.2, 0) is 13.0 Å². The summed E-state index contributed by atoms with van der Waals surface area (Å²) in [5, 5.41) is 12.9. The van der Waals surface area contributed by atoms with Crippen molar-refractivity contribution < 1.29 is 5.11 Å². The van der Waals surface area contributed by atoms with Gasteiger partial charge in [0.25, 0.3) is 0 Å². The van der Waals surface area contributed by atoms with Crippen LogP contribution < -0.4 is 5.32 Å². The van der Waals surface area contributed by atoms with E-state index in [-0.39, 0.29) is 0 Å². The minimum absolute atomic E-state index is 0.342. The van der Waals surface area contributed by atoms with Gasteiger partial charge in [0.2, 0.25) is 0 Å². The molecule has 3 heteroatoms. The smallest absolute Gasteiger partial charge is 0.115 e. The van der Waals surface area contributed by atoms with Crippen molar-refractivity contribution in [1.29, 1.82) is 0 Å². The molecule has 1 aliphatic heterocycles. The summed E-state index contributed by atoms with van der Waals surface area (Å²) >= 11 is 0. The van der Waals surface area contributed by atoms with Crippen LogP contribution in [0.5, 0.6) is 5.75 Å². The SMILES string of the molecule is Oc1ccc(CCNCC2CCN(Cc3ccccc3)CC2)cc1. The first-order chi connectivity index (χ1) is 11.8. The van der Waals surface area contributed by atoms with Crippen LogP contribution in [0.25, 0.3) is 0 Å². The van der Waals surface area contributed by atoms with Gasteiger partial charge in [-0.2, -0.15) is 0 Å². The zero-order valence-corrected chi connectivity index (χ0v) is 14.3. The maximum Gasteiger partial charge on any atom is 0.115 e. The Bertz CT molecular complexity index is 589. The topological polar surface area (TPSA) is 35.5 Å². The lowest BCUT2D eigenvalue weighted by Crippen LogP contribution is -2.37. The molecule has 1 aliphatic rings. The number of hydrogen-bond acceptors (Lipinski definition) is 3. The first-order valence-electron chi connectivity index (χ1n) is 9.04. The highest BCUT2D eigenvalue weighted by atomic mass is 16.3. The Hall–Kier alpha value is -1.84. The Morgan fingerprint density at radius 3 is 2.33 bits per heavy atom. The molecule has 1 fully saturated rings. The summed E-state index contributed by atoms with van der Waals surface area (Å²) < 4.78 is 0. The van der Waals surface area contributed by atoms with Gasteiger partial charge in [-0.1, -0.05) is 42.5 Å². The van der Waals surface area contributed by atoms with E-state index < -0.39 is 0 Å². The largest absolute Gasteiger partial charge is 0.508 e. The maximum absolute atomic E-state index is 9.29. The molecular weight excluding hydrogens is 296 g/mol. The first-order valence-corrected chi connectivity index (χ1v) is 9.04. The van der Waals surface area contributed by atoms with Crippen molar-refractivity contribution in [2.24, 2.45) is 5.92 Å². The number of likely N-dealkylation sites (tertiary alicyclic amines) is 1. The van der Waals surface area contributed by atoms with Crippen molar-refractivity contribution in [3.63, 3.8) is 0 Å². The molecule has 1 saturated heterocycles. The standard InChI is InChI=1S/C21H28N2O/c24-21-8-6-18(7-9-21)10-13-22-16-19-11-14-23(15-12-19)17-20-4-2-1-3-5-20/h1-9,19,22,24H,10-17H2. The van der Waals surface area contributed by atoms with Gasteiger partial charge in [-0.05, 0) is 74.6 Å². The summed E-state index contributed by atoms with van der Waals surface area (Å²) in [6, 6.07) is 18.3. The van der Waals surface area contributed by atoms with Gasteiger partial charge in [0.1, 0.15) is 5.75 Å². The molecule has 0 aromatic heterocycles. The lowest BCUT2D eigenvalue weighted by molar-refractivity contribution is 0.175. The quantitative estimate of drug-likeness (QED) is 0.766. The zero-order chi connectivity index (χ0) is 16.6. The van der Waals surface area contributed by atoms with Crippen LogP contribution in [0.15, 0.2) is 54.6 Å². The molecule has 3 rings (SSSR count). The van der Waals surface area contributed by atoms with Gasteiger partial charge in [-0.25, -0.2) is 0 Å². The summed E-state index contributed by atoms with van der Waals surface area (Å²) in [7, 11) is 0. The van der Waals surface area contributed by atoms with E-state index in [9.17, 15) is 5.11 Å². The normalized spacial score (nSPS) is 16.3. The highest BCUT2D eigenvalue weighted by Crippen LogP contribution is 2.18. The van der Waals surface area contributed by atoms with E-state index in [1.807, 2.05) is 12.1 Å². The number of nitrogens with zero attached hydrogens (tertiary/aromatic N) is 1. The van der Waals surface area contributed by atoms with Gasteiger partial charge in [-0.15, -0.1) is 0 Å². The Kier molecular flexibility index (Phi) is 6.27. The average Bonchev–Trinajstić information content (AvgIpc) is 2.62. The van der Waals surface area contributed by atoms with E-state index in [0.29, 0.717) is 5.75 Å². The Morgan fingerprint density at radius 1 is 0.917 bits per heavy atom. The van der Waals surface area contributed by atoms with E-state index in [0.717, 1.165) is 32.0 Å². The molecule has 24 heavy (non-hydrogen) atoms. The van der Waals surface area contributed by atoms with Crippen LogP contribution in [0, 0.1) is 5.92 Å². The molecule has 2 aromatic carbocycles. The molecule has 1 heterocycles. The molecule has 0 spiro atoms. The number of rotatable bonds is 7. The van der Waals surface area contributed by atoms with Crippen LogP contribution in [-0.4, -0.2) is 36.2 Å². The minimum atomic E-state index is 0.342. The lowest BCUT2D eigenvalue weighted by atomic mass is 9.96. The van der Waals surface area contributed by atoms with Crippen molar-refractivity contribution in [3.8, 4) is 5.75 Å². The molecule has 3 nitrogen and oxygen atoms in total. The number of aromatic hydroxyl groups is 1. The second kappa shape index (κ2) is 8.86. The molecular formula is C21H28N2O. The Labute approximate surface area is 145 Å². The number of phenols is 1. The van der Waals surface area contributed by atoms with Gasteiger partial charge in [-0.3, -0.25) is 4.90 Å². The van der Waals surface area contributed by atoms with Crippen molar-refractivity contribution in [2.75, 3.05) is 26.2 Å². The minimum Gasteiger partial charge on any atom is -0.508 e. The number of piperidine rings is 1. The van der Waals surface area contributed by atoms with Crippen LogP contribution in [0.4, 0.5) is 0 Å². The maximum atomic E-state index is 9.29. The highest BCUT2D eigenvalue weighted by Gasteiger charge is 2.18. The third-order valence-corrected chi connectivity index (χ3v) is 4.92. The van der Waals surface area contributed by atoms with Crippen molar-refractivity contribution >= 4 is 0 Å². The molecule has 128 valence electrons.